The molecule has 0 aliphatic heterocycles. The second kappa shape index (κ2) is 7.25. The lowest BCUT2D eigenvalue weighted by molar-refractivity contribution is 0.251. The van der Waals surface area contributed by atoms with Gasteiger partial charge in [-0.15, -0.1) is 0 Å². The van der Waals surface area contributed by atoms with Gasteiger partial charge in [-0.3, -0.25) is 4.98 Å². The molecule has 1 heterocycles. The van der Waals surface area contributed by atoms with Crippen molar-refractivity contribution in [3.63, 3.8) is 0 Å². The number of pyridine rings is 1. The Kier molecular flexibility index (Phi) is 5.94. The Labute approximate surface area is 103 Å². The summed E-state index contributed by atoms with van der Waals surface area (Å²) in [5.41, 5.74) is 1.59. The summed E-state index contributed by atoms with van der Waals surface area (Å²) in [5.74, 6) is 0.713. The topological polar surface area (TPSA) is 65.4 Å². The molecule has 4 nitrogen and oxygen atoms in total. The number of aromatic nitrogens is 1. The van der Waals surface area contributed by atoms with Crippen molar-refractivity contribution < 1.29 is 10.2 Å². The Morgan fingerprint density at radius 3 is 2.82 bits per heavy atom. The van der Waals surface area contributed by atoms with Crippen molar-refractivity contribution in [1.29, 1.82) is 0 Å². The second-order valence-corrected chi connectivity index (χ2v) is 4.34. The normalized spacial score (nSPS) is 12.6. The number of nitrogens with one attached hydrogen (secondary N) is 1. The van der Waals surface area contributed by atoms with E-state index < -0.39 is 0 Å². The van der Waals surface area contributed by atoms with E-state index in [1.54, 1.807) is 12.1 Å². The lowest BCUT2D eigenvalue weighted by Crippen LogP contribution is -2.23. The number of aromatic hydroxyl groups is 1. The molecule has 0 aliphatic carbocycles. The average Bonchev–Trinajstić information content (AvgIpc) is 2.32. The minimum Gasteiger partial charge on any atom is -0.506 e. The van der Waals surface area contributed by atoms with Gasteiger partial charge in [0.2, 0.25) is 0 Å². The van der Waals surface area contributed by atoms with Gasteiger partial charge in [-0.1, -0.05) is 13.3 Å². The van der Waals surface area contributed by atoms with Crippen molar-refractivity contribution in [3.05, 3.63) is 23.5 Å². The highest BCUT2D eigenvalue weighted by molar-refractivity contribution is 5.27. The van der Waals surface area contributed by atoms with Crippen LogP contribution in [0, 0.1) is 12.8 Å². The first-order valence-electron chi connectivity index (χ1n) is 6.14. The maximum Gasteiger partial charge on any atom is 0.138 e. The number of hydrogen-bond acceptors (Lipinski definition) is 4. The fraction of sp³-hybridized carbons (Fsp3) is 0.615. The Bertz CT molecular complexity index is 342. The quantitative estimate of drug-likeness (QED) is 0.675. The zero-order valence-electron chi connectivity index (χ0n) is 10.6. The number of aliphatic hydroxyl groups is 1. The number of aliphatic hydroxyl groups excluding tert-OH is 1. The van der Waals surface area contributed by atoms with Gasteiger partial charge >= 0.3 is 0 Å². The summed E-state index contributed by atoms with van der Waals surface area (Å²) in [6.07, 6.45) is 1.86. The van der Waals surface area contributed by atoms with Gasteiger partial charge in [-0.05, 0) is 37.9 Å². The van der Waals surface area contributed by atoms with Crippen LogP contribution in [0.1, 0.15) is 31.2 Å². The summed E-state index contributed by atoms with van der Waals surface area (Å²) < 4.78 is 0. The van der Waals surface area contributed by atoms with Crippen LogP contribution >= 0.6 is 0 Å². The van der Waals surface area contributed by atoms with Crippen LogP contribution in [0.25, 0.3) is 0 Å². The molecule has 0 radical (unpaired) electrons. The van der Waals surface area contributed by atoms with Crippen molar-refractivity contribution in [2.45, 2.75) is 33.2 Å². The Morgan fingerprint density at radius 2 is 2.18 bits per heavy atom. The van der Waals surface area contributed by atoms with Crippen LogP contribution in [0.2, 0.25) is 0 Å². The molecule has 1 aromatic heterocycles. The molecule has 0 aliphatic rings. The molecule has 96 valence electrons. The molecule has 1 rings (SSSR count). The van der Waals surface area contributed by atoms with Gasteiger partial charge in [-0.2, -0.15) is 0 Å². The van der Waals surface area contributed by atoms with E-state index in [2.05, 4.69) is 17.2 Å². The molecule has 0 bridgehead atoms. The van der Waals surface area contributed by atoms with E-state index in [4.69, 9.17) is 5.11 Å². The van der Waals surface area contributed by atoms with E-state index in [0.717, 1.165) is 25.1 Å². The number of aryl methyl sites for hydroxylation is 1. The van der Waals surface area contributed by atoms with Gasteiger partial charge in [0.15, 0.2) is 0 Å². The van der Waals surface area contributed by atoms with Crippen molar-refractivity contribution in [2.24, 2.45) is 5.92 Å². The summed E-state index contributed by atoms with van der Waals surface area (Å²) in [6, 6.07) is 3.46. The molecule has 4 heteroatoms. The third-order valence-electron chi connectivity index (χ3n) is 2.93. The third kappa shape index (κ3) is 4.71. The van der Waals surface area contributed by atoms with Gasteiger partial charge in [0.1, 0.15) is 5.75 Å². The van der Waals surface area contributed by atoms with Crippen LogP contribution < -0.4 is 5.32 Å². The summed E-state index contributed by atoms with van der Waals surface area (Å²) in [5, 5.41) is 21.8. The zero-order chi connectivity index (χ0) is 12.7. The van der Waals surface area contributed by atoms with E-state index in [1.807, 2.05) is 6.92 Å². The molecule has 0 spiro atoms. The van der Waals surface area contributed by atoms with Gasteiger partial charge in [0.25, 0.3) is 0 Å². The highest BCUT2D eigenvalue weighted by Gasteiger charge is 2.07. The maximum absolute atomic E-state index is 9.62. The maximum atomic E-state index is 9.62. The first-order valence-corrected chi connectivity index (χ1v) is 6.14. The molecule has 0 saturated carbocycles. The molecule has 0 amide bonds. The summed E-state index contributed by atoms with van der Waals surface area (Å²) in [4.78, 5) is 4.28. The molecule has 3 N–H and O–H groups in total. The summed E-state index contributed by atoms with van der Waals surface area (Å²) in [7, 11) is 0. The van der Waals surface area contributed by atoms with E-state index in [9.17, 15) is 5.11 Å². The molecule has 0 fully saturated rings. The predicted octanol–water partition coefficient (Wildman–Crippen LogP) is 1.59. The lowest BCUT2D eigenvalue weighted by atomic mass is 10.0. The SMILES string of the molecule is CCC(CCO)CNCc1nc(C)ccc1O. The molecular weight excluding hydrogens is 216 g/mol. The Hall–Kier alpha value is -1.13. The summed E-state index contributed by atoms with van der Waals surface area (Å²) >= 11 is 0. The Balaban J connectivity index is 2.42. The minimum absolute atomic E-state index is 0.230. The largest absolute Gasteiger partial charge is 0.506 e. The number of rotatable bonds is 7. The summed E-state index contributed by atoms with van der Waals surface area (Å²) in [6.45, 7) is 5.66. The molecular formula is C13H22N2O2. The Morgan fingerprint density at radius 1 is 1.41 bits per heavy atom. The van der Waals surface area contributed by atoms with Crippen LogP contribution in [0.4, 0.5) is 0 Å². The van der Waals surface area contributed by atoms with Crippen molar-refractivity contribution in [3.8, 4) is 5.75 Å². The fourth-order valence-corrected chi connectivity index (χ4v) is 1.76. The predicted molar refractivity (Wildman–Crippen MR) is 67.8 cm³/mol. The van der Waals surface area contributed by atoms with Crippen LogP contribution in [-0.2, 0) is 6.54 Å². The first kappa shape index (κ1) is 13.9. The number of nitrogens with zero attached hydrogens (tertiary/aromatic N) is 1. The second-order valence-electron chi connectivity index (χ2n) is 4.34. The van der Waals surface area contributed by atoms with Crippen molar-refractivity contribution in [2.75, 3.05) is 13.2 Å². The van der Waals surface area contributed by atoms with E-state index in [1.165, 1.54) is 0 Å². The molecule has 17 heavy (non-hydrogen) atoms. The van der Waals surface area contributed by atoms with E-state index in [-0.39, 0.29) is 12.4 Å². The lowest BCUT2D eigenvalue weighted by Gasteiger charge is -2.14. The molecule has 1 atom stereocenters. The molecule has 1 unspecified atom stereocenters. The molecule has 0 saturated heterocycles. The van der Waals surface area contributed by atoms with Gasteiger partial charge < -0.3 is 15.5 Å². The average molecular weight is 238 g/mol. The van der Waals surface area contributed by atoms with Crippen LogP contribution in [0.3, 0.4) is 0 Å². The number of hydrogen-bond donors (Lipinski definition) is 3. The van der Waals surface area contributed by atoms with Crippen LogP contribution in [0.5, 0.6) is 5.75 Å². The zero-order valence-corrected chi connectivity index (χ0v) is 10.6. The monoisotopic (exact) mass is 238 g/mol. The van der Waals surface area contributed by atoms with Crippen LogP contribution in [-0.4, -0.2) is 28.3 Å². The van der Waals surface area contributed by atoms with E-state index >= 15 is 0 Å². The molecule has 1 aromatic rings. The van der Waals surface area contributed by atoms with Crippen molar-refractivity contribution >= 4 is 0 Å². The fourth-order valence-electron chi connectivity index (χ4n) is 1.76. The standard InChI is InChI=1S/C13H22N2O2/c1-3-11(6-7-16)8-14-9-12-13(17)5-4-10(2)15-12/h4-5,11,14,16-17H,3,6-9H2,1-2H3. The van der Waals surface area contributed by atoms with Crippen molar-refractivity contribution in [1.82, 2.24) is 10.3 Å². The molecule has 0 aromatic carbocycles. The highest BCUT2D eigenvalue weighted by Crippen LogP contribution is 2.14. The minimum atomic E-state index is 0.230. The first-order chi connectivity index (χ1) is 8.17. The van der Waals surface area contributed by atoms with Gasteiger partial charge in [0, 0.05) is 18.8 Å². The third-order valence-corrected chi connectivity index (χ3v) is 2.93. The van der Waals surface area contributed by atoms with Gasteiger partial charge in [-0.25, -0.2) is 0 Å². The van der Waals surface area contributed by atoms with Crippen LogP contribution in [0.15, 0.2) is 12.1 Å². The van der Waals surface area contributed by atoms with Gasteiger partial charge in [0.05, 0.1) is 5.69 Å². The smallest absolute Gasteiger partial charge is 0.138 e. The van der Waals surface area contributed by atoms with E-state index in [0.29, 0.717) is 18.2 Å². The highest BCUT2D eigenvalue weighted by atomic mass is 16.3.